The molecule has 4 nitrogen and oxygen atoms in total. The Bertz CT molecular complexity index is 451. The highest BCUT2D eigenvalue weighted by Gasteiger charge is 2.21. The standard InChI is InChI=1S/C11H11NO3/c1-6-4-7-2-3-9(13)12-10(7)8(5-6)11(14)15/h4-5H,2-3H2,1H3,(H,12,13)(H,14,15). The van der Waals surface area contributed by atoms with Crippen molar-refractivity contribution in [2.45, 2.75) is 19.8 Å². The summed E-state index contributed by atoms with van der Waals surface area (Å²) in [5, 5.41) is 11.6. The second kappa shape index (κ2) is 3.38. The third-order valence-corrected chi connectivity index (χ3v) is 2.48. The molecule has 1 aliphatic heterocycles. The van der Waals surface area contributed by atoms with Gasteiger partial charge in [-0.15, -0.1) is 0 Å². The molecular weight excluding hydrogens is 194 g/mol. The van der Waals surface area contributed by atoms with Crippen molar-refractivity contribution in [3.05, 3.63) is 28.8 Å². The minimum Gasteiger partial charge on any atom is -0.478 e. The van der Waals surface area contributed by atoms with E-state index in [1.165, 1.54) is 0 Å². The maximum absolute atomic E-state index is 11.2. The number of nitrogens with one attached hydrogen (secondary N) is 1. The van der Waals surface area contributed by atoms with Crippen molar-refractivity contribution in [1.82, 2.24) is 0 Å². The lowest BCUT2D eigenvalue weighted by Gasteiger charge is -2.19. The van der Waals surface area contributed by atoms with E-state index in [0.29, 0.717) is 18.5 Å². The molecule has 0 aromatic heterocycles. The van der Waals surface area contributed by atoms with Crippen LogP contribution in [0.2, 0.25) is 0 Å². The van der Waals surface area contributed by atoms with E-state index in [-0.39, 0.29) is 11.5 Å². The Balaban J connectivity index is 2.60. The Kier molecular flexibility index (Phi) is 2.19. The maximum atomic E-state index is 11.2. The minimum atomic E-state index is -1.00. The number of anilines is 1. The summed E-state index contributed by atoms with van der Waals surface area (Å²) in [7, 11) is 0. The lowest BCUT2D eigenvalue weighted by atomic mass is 9.96. The largest absolute Gasteiger partial charge is 0.478 e. The van der Waals surface area contributed by atoms with E-state index >= 15 is 0 Å². The average molecular weight is 205 g/mol. The summed E-state index contributed by atoms with van der Waals surface area (Å²) in [6.07, 6.45) is 1.04. The van der Waals surface area contributed by atoms with Gasteiger partial charge in [0.1, 0.15) is 0 Å². The molecule has 1 aromatic carbocycles. The van der Waals surface area contributed by atoms with Crippen LogP contribution in [0.25, 0.3) is 0 Å². The zero-order valence-corrected chi connectivity index (χ0v) is 8.33. The third kappa shape index (κ3) is 1.70. The first-order valence-corrected chi connectivity index (χ1v) is 4.74. The molecule has 1 amide bonds. The van der Waals surface area contributed by atoms with E-state index in [4.69, 9.17) is 5.11 Å². The SMILES string of the molecule is Cc1cc2c(c(C(=O)O)c1)NC(=O)CC2. The van der Waals surface area contributed by atoms with Crippen LogP contribution < -0.4 is 5.32 Å². The Labute approximate surface area is 86.9 Å². The number of fused-ring (bicyclic) bond motifs is 1. The third-order valence-electron chi connectivity index (χ3n) is 2.48. The molecule has 78 valence electrons. The number of carbonyl (C=O) groups is 2. The lowest BCUT2D eigenvalue weighted by Crippen LogP contribution is -2.21. The van der Waals surface area contributed by atoms with Gasteiger partial charge in [0, 0.05) is 6.42 Å². The molecule has 1 heterocycles. The van der Waals surface area contributed by atoms with E-state index in [1.807, 2.05) is 13.0 Å². The van der Waals surface area contributed by atoms with Crippen molar-refractivity contribution in [2.24, 2.45) is 0 Å². The van der Waals surface area contributed by atoms with Gasteiger partial charge in [-0.3, -0.25) is 4.79 Å². The zero-order chi connectivity index (χ0) is 11.0. The molecule has 2 rings (SSSR count). The molecular formula is C11H11NO3. The summed E-state index contributed by atoms with van der Waals surface area (Å²) in [6.45, 7) is 1.85. The van der Waals surface area contributed by atoms with Gasteiger partial charge in [-0.2, -0.15) is 0 Å². The number of rotatable bonds is 1. The van der Waals surface area contributed by atoms with Gasteiger partial charge >= 0.3 is 5.97 Å². The molecule has 0 radical (unpaired) electrons. The normalized spacial score (nSPS) is 14.3. The van der Waals surface area contributed by atoms with Gasteiger partial charge in [-0.05, 0) is 30.5 Å². The first-order valence-electron chi connectivity index (χ1n) is 4.74. The van der Waals surface area contributed by atoms with E-state index in [1.54, 1.807) is 6.07 Å². The monoisotopic (exact) mass is 205 g/mol. The van der Waals surface area contributed by atoms with Crippen LogP contribution in [0.5, 0.6) is 0 Å². The summed E-state index contributed by atoms with van der Waals surface area (Å²) in [4.78, 5) is 22.2. The fourth-order valence-corrected chi connectivity index (χ4v) is 1.83. The highest BCUT2D eigenvalue weighted by molar-refractivity contribution is 6.03. The van der Waals surface area contributed by atoms with Crippen LogP contribution in [0.3, 0.4) is 0 Å². The maximum Gasteiger partial charge on any atom is 0.337 e. The van der Waals surface area contributed by atoms with Crippen LogP contribution in [-0.2, 0) is 11.2 Å². The quantitative estimate of drug-likeness (QED) is 0.731. The molecule has 0 fully saturated rings. The number of carbonyl (C=O) groups excluding carboxylic acids is 1. The first-order chi connectivity index (χ1) is 7.08. The number of amides is 1. The first kappa shape index (κ1) is 9.71. The number of carboxylic acids is 1. The fraction of sp³-hybridized carbons (Fsp3) is 0.273. The number of hydrogen-bond acceptors (Lipinski definition) is 2. The lowest BCUT2D eigenvalue weighted by molar-refractivity contribution is -0.116. The summed E-state index contributed by atoms with van der Waals surface area (Å²) in [5.41, 5.74) is 2.46. The number of hydrogen-bond donors (Lipinski definition) is 2. The number of aryl methyl sites for hydroxylation is 2. The van der Waals surface area contributed by atoms with Crippen LogP contribution in [0.1, 0.15) is 27.9 Å². The number of aromatic carboxylic acids is 1. The Hall–Kier alpha value is -1.84. The molecule has 0 atom stereocenters. The minimum absolute atomic E-state index is 0.117. The zero-order valence-electron chi connectivity index (χ0n) is 8.33. The van der Waals surface area contributed by atoms with Crippen LogP contribution >= 0.6 is 0 Å². The molecule has 1 aliphatic rings. The molecule has 0 unspecified atom stereocenters. The van der Waals surface area contributed by atoms with Gasteiger partial charge in [0.2, 0.25) is 5.91 Å². The summed E-state index contributed by atoms with van der Waals surface area (Å²) in [5.74, 6) is -1.12. The van der Waals surface area contributed by atoms with Gasteiger partial charge in [0.15, 0.2) is 0 Å². The van der Waals surface area contributed by atoms with Crippen molar-refractivity contribution in [2.75, 3.05) is 5.32 Å². The van der Waals surface area contributed by atoms with Gasteiger partial charge in [-0.25, -0.2) is 4.79 Å². The van der Waals surface area contributed by atoms with E-state index in [0.717, 1.165) is 11.1 Å². The van der Waals surface area contributed by atoms with Crippen molar-refractivity contribution in [3.8, 4) is 0 Å². The number of carboxylic acid groups (broad SMARTS) is 1. The van der Waals surface area contributed by atoms with Crippen molar-refractivity contribution in [3.63, 3.8) is 0 Å². The van der Waals surface area contributed by atoms with Gasteiger partial charge < -0.3 is 10.4 Å². The Morgan fingerprint density at radius 1 is 1.40 bits per heavy atom. The summed E-state index contributed by atoms with van der Waals surface area (Å²) >= 11 is 0. The highest BCUT2D eigenvalue weighted by Crippen LogP contribution is 2.28. The summed E-state index contributed by atoms with van der Waals surface area (Å²) in [6, 6.07) is 3.49. The molecule has 1 aromatic rings. The second-order valence-corrected chi connectivity index (χ2v) is 3.70. The van der Waals surface area contributed by atoms with Crippen LogP contribution in [-0.4, -0.2) is 17.0 Å². The van der Waals surface area contributed by atoms with Gasteiger partial charge in [0.05, 0.1) is 11.3 Å². The van der Waals surface area contributed by atoms with E-state index < -0.39 is 5.97 Å². The Morgan fingerprint density at radius 3 is 2.80 bits per heavy atom. The second-order valence-electron chi connectivity index (χ2n) is 3.70. The molecule has 0 aliphatic carbocycles. The predicted octanol–water partition coefficient (Wildman–Crippen LogP) is 1.58. The highest BCUT2D eigenvalue weighted by atomic mass is 16.4. The fourth-order valence-electron chi connectivity index (χ4n) is 1.83. The average Bonchev–Trinajstić information content (AvgIpc) is 2.17. The van der Waals surface area contributed by atoms with Crippen LogP contribution in [0.15, 0.2) is 12.1 Å². The molecule has 0 saturated carbocycles. The van der Waals surface area contributed by atoms with E-state index in [2.05, 4.69) is 5.32 Å². The van der Waals surface area contributed by atoms with Crippen molar-refractivity contribution < 1.29 is 14.7 Å². The smallest absolute Gasteiger partial charge is 0.337 e. The van der Waals surface area contributed by atoms with Gasteiger partial charge in [-0.1, -0.05) is 6.07 Å². The predicted molar refractivity (Wildman–Crippen MR) is 55.1 cm³/mol. The van der Waals surface area contributed by atoms with Crippen molar-refractivity contribution in [1.29, 1.82) is 0 Å². The number of benzene rings is 1. The molecule has 0 spiro atoms. The van der Waals surface area contributed by atoms with Crippen molar-refractivity contribution >= 4 is 17.6 Å². The molecule has 2 N–H and O–H groups in total. The van der Waals surface area contributed by atoms with Crippen LogP contribution in [0.4, 0.5) is 5.69 Å². The molecule has 0 bridgehead atoms. The van der Waals surface area contributed by atoms with Gasteiger partial charge in [0.25, 0.3) is 0 Å². The van der Waals surface area contributed by atoms with E-state index in [9.17, 15) is 9.59 Å². The molecule has 15 heavy (non-hydrogen) atoms. The topological polar surface area (TPSA) is 66.4 Å². The Morgan fingerprint density at radius 2 is 2.13 bits per heavy atom. The molecule has 4 heteroatoms. The molecule has 0 saturated heterocycles. The summed E-state index contributed by atoms with van der Waals surface area (Å²) < 4.78 is 0. The van der Waals surface area contributed by atoms with Crippen LogP contribution in [0, 0.1) is 6.92 Å².